The van der Waals surface area contributed by atoms with Gasteiger partial charge in [0, 0.05) is 0 Å². The molecule has 0 saturated heterocycles. The lowest BCUT2D eigenvalue weighted by atomic mass is 9.87. The van der Waals surface area contributed by atoms with Gasteiger partial charge in [-0.05, 0) is 223 Å². The van der Waals surface area contributed by atoms with E-state index in [1.165, 1.54) is 75.0 Å². The van der Waals surface area contributed by atoms with Crippen LogP contribution in [0.5, 0.6) is 34.5 Å². The highest BCUT2D eigenvalue weighted by molar-refractivity contribution is 5.91. The number of benzene rings is 12. The Kier molecular flexibility index (Phi) is 46.1. The number of esters is 2. The summed E-state index contributed by atoms with van der Waals surface area (Å²) in [6, 6.07) is 70.5. The molecule has 10 nitrogen and oxygen atoms in total. The zero-order chi connectivity index (χ0) is 106. The minimum atomic E-state index is -2.32. The molecule has 12 rings (SSSR count). The molecular weight excluding hydrogens is 1860 g/mol. The zero-order valence-corrected chi connectivity index (χ0v) is 85.4. The van der Waals surface area contributed by atoms with Crippen molar-refractivity contribution in [3.05, 3.63) is 389 Å². The van der Waals surface area contributed by atoms with E-state index >= 15 is 0 Å². The molecule has 0 aromatic heterocycles. The average molecular weight is 2000 g/mol. The van der Waals surface area contributed by atoms with Gasteiger partial charge in [-0.15, -0.1) is 0 Å². The summed E-state index contributed by atoms with van der Waals surface area (Å²) in [6.45, 7) is 47.3. The van der Waals surface area contributed by atoms with Crippen molar-refractivity contribution in [2.45, 2.75) is 262 Å². The molecule has 6 atom stereocenters. The highest BCUT2D eigenvalue weighted by Gasteiger charge is 2.32. The van der Waals surface area contributed by atoms with Crippen LogP contribution in [0.25, 0.3) is 0 Å². The summed E-state index contributed by atoms with van der Waals surface area (Å²) in [5.74, 6) is -32.1. The van der Waals surface area contributed by atoms with Gasteiger partial charge < -0.3 is 37.9 Å². The lowest BCUT2D eigenvalue weighted by Gasteiger charge is -2.19. The Hall–Kier alpha value is -12.4. The zero-order valence-electron chi connectivity index (χ0n) is 85.4. The summed E-state index contributed by atoms with van der Waals surface area (Å²) in [4.78, 5) is 24.1. The Morgan fingerprint density at radius 2 is 0.434 bits per heavy atom. The van der Waals surface area contributed by atoms with Gasteiger partial charge >= 0.3 is 11.9 Å². The molecule has 0 fully saturated rings. The second-order valence-electron chi connectivity index (χ2n) is 38.2. The van der Waals surface area contributed by atoms with Crippen LogP contribution < -0.4 is 28.4 Å². The summed E-state index contributed by atoms with van der Waals surface area (Å²) < 4.78 is 240. The van der Waals surface area contributed by atoms with Crippen molar-refractivity contribution >= 4 is 11.9 Å². The summed E-state index contributed by atoms with van der Waals surface area (Å²) >= 11 is 0. The SMILES string of the molecule is CCC(C)c1ccc(C(=O)Oc2c(F)c(F)c(F)c(F)c2F)cc1.CCC(C)c1ccc(C(=O)Oc2ccc(C(C)(C)C)cc2)cc1.CCC(C)c1ccc(COCCOc2c(F)c(F)c(F)c(F)c2F)cc1.CCC(C)c1ccc(COCCOc2ccc(C(C)(C)C)cc2)cc1.CCC(C)c1ccc(COc2c(F)c(F)c(F)c(F)c2F)cc1.CCC(C)c1ccc(COc2ccc(C(C)(C)C)cc2)cc1. The van der Waals surface area contributed by atoms with Crippen LogP contribution in [-0.4, -0.2) is 38.4 Å². The molecule has 0 aliphatic rings. The molecule has 25 heteroatoms. The molecular formula is C118H133F15O10. The fourth-order valence-corrected chi connectivity index (χ4v) is 13.7. The topological polar surface area (TPSA) is 108 Å². The van der Waals surface area contributed by atoms with E-state index in [1.54, 1.807) is 24.3 Å². The van der Waals surface area contributed by atoms with Crippen LogP contribution in [0.3, 0.4) is 0 Å². The van der Waals surface area contributed by atoms with Crippen LogP contribution in [-0.2, 0) is 52.1 Å². The monoisotopic (exact) mass is 1990 g/mol. The minimum absolute atomic E-state index is 0.0768. The van der Waals surface area contributed by atoms with Crippen molar-refractivity contribution in [1.29, 1.82) is 0 Å². The van der Waals surface area contributed by atoms with Gasteiger partial charge in [0.2, 0.25) is 93.0 Å². The standard InChI is InChI=1S/C23H32O2.C21H26O2.C21H28O.C19H19F5O2.C17H13F5O2.C17H15F5O/c1-6-18(2)20-9-7-19(8-10-20)17-24-15-16-25-22-13-11-21(12-14-22)23(3,4)5;1-6-15(2)16-7-9-17(10-8-16)20(22)23-19-13-11-18(12-14-19)21(3,4)5;1-6-16(2)18-9-7-17(8-10-18)15-22-20-13-11-19(12-14-20)21(3,4)5;1-3-11(2)13-6-4-12(5-7-13)10-25-8-9-26-19-17(23)15(21)14(20)16(22)18(19)24;1-3-8(2)9-4-6-10(7-5-9)17(23)24-16-14(21)12(19)11(18)13(20)15(16)22;1-3-9(2)11-6-4-10(5-7-11)8-23-17-15(21)13(19)12(18)14(20)16(17)22/h7-14,18H,6,15-17H2,1-5H3;7-15H,6H2,1-5H3;7-14,16H,6,15H2,1-5H3;4-7,11H,3,8-10H2,1-2H3;4-8H,3H2,1-2H3;4-7,9H,3,8H2,1-2H3. The molecule has 6 unspecified atom stereocenters. The van der Waals surface area contributed by atoms with Crippen molar-refractivity contribution in [1.82, 2.24) is 0 Å². The lowest BCUT2D eigenvalue weighted by molar-refractivity contribution is 0.0712. The maximum Gasteiger partial charge on any atom is 0.343 e. The average Bonchev–Trinajstić information content (AvgIpc) is 0.829. The molecule has 770 valence electrons. The molecule has 12 aromatic rings. The summed E-state index contributed by atoms with van der Waals surface area (Å²) in [5.41, 5.74) is 16.0. The number of rotatable bonds is 34. The second kappa shape index (κ2) is 56.1. The Balaban J connectivity index is 0.000000233. The summed E-state index contributed by atoms with van der Waals surface area (Å²) in [7, 11) is 0. The smallest absolute Gasteiger partial charge is 0.343 e. The third-order valence-electron chi connectivity index (χ3n) is 24.7. The molecule has 0 bridgehead atoms. The molecule has 12 aromatic carbocycles. The van der Waals surface area contributed by atoms with Gasteiger partial charge in [-0.25, -0.2) is 49.1 Å². The number of halogens is 15. The first-order valence-corrected chi connectivity index (χ1v) is 48.1. The Bertz CT molecular complexity index is 5880. The third kappa shape index (κ3) is 35.0. The van der Waals surface area contributed by atoms with Crippen LogP contribution in [0.15, 0.2) is 218 Å². The quantitative estimate of drug-likeness (QED) is 0.00966. The van der Waals surface area contributed by atoms with Crippen molar-refractivity contribution in [3.8, 4) is 34.5 Å². The van der Waals surface area contributed by atoms with Crippen molar-refractivity contribution in [2.75, 3.05) is 26.4 Å². The Morgan fingerprint density at radius 3 is 0.699 bits per heavy atom. The number of ether oxygens (including phenoxy) is 8. The van der Waals surface area contributed by atoms with Crippen LogP contribution in [0.2, 0.25) is 0 Å². The Labute approximate surface area is 833 Å². The Morgan fingerprint density at radius 1 is 0.224 bits per heavy atom. The molecule has 0 spiro atoms. The fraction of sp³-hybridized carbons (Fsp3) is 0.373. The first kappa shape index (κ1) is 118. The van der Waals surface area contributed by atoms with E-state index in [2.05, 4.69) is 219 Å². The number of carbonyl (C=O) groups excluding carboxylic acids is 2. The van der Waals surface area contributed by atoms with Crippen molar-refractivity contribution in [3.63, 3.8) is 0 Å². The molecule has 0 aliphatic carbocycles. The van der Waals surface area contributed by atoms with Gasteiger partial charge in [0.15, 0.2) is 11.5 Å². The highest BCUT2D eigenvalue weighted by atomic mass is 19.2. The molecule has 0 saturated carbocycles. The maximum atomic E-state index is 13.5. The van der Waals surface area contributed by atoms with Gasteiger partial charge in [0.25, 0.3) is 0 Å². The maximum absolute atomic E-state index is 13.5. The van der Waals surface area contributed by atoms with E-state index in [-0.39, 0.29) is 60.1 Å². The van der Waals surface area contributed by atoms with Crippen LogP contribution in [0, 0.1) is 87.3 Å². The molecule has 0 radical (unpaired) electrons. The largest absolute Gasteiger partial charge is 0.491 e. The normalized spacial score (nSPS) is 12.5. The van der Waals surface area contributed by atoms with Crippen molar-refractivity contribution < 1.29 is 113 Å². The number of carbonyl (C=O) groups is 2. The van der Waals surface area contributed by atoms with E-state index < -0.39 is 110 Å². The summed E-state index contributed by atoms with van der Waals surface area (Å²) in [5, 5.41) is 0. The summed E-state index contributed by atoms with van der Waals surface area (Å²) in [6.07, 6.45) is 6.30. The van der Waals surface area contributed by atoms with Crippen molar-refractivity contribution in [2.24, 2.45) is 0 Å². The number of hydrogen-bond acceptors (Lipinski definition) is 10. The van der Waals surface area contributed by atoms with E-state index in [1.807, 2.05) is 118 Å². The van der Waals surface area contributed by atoms with Crippen LogP contribution in [0.1, 0.15) is 312 Å². The predicted octanol–water partition coefficient (Wildman–Crippen LogP) is 34.0. The van der Waals surface area contributed by atoms with E-state index in [4.69, 9.17) is 28.4 Å². The number of hydrogen-bond donors (Lipinski definition) is 0. The van der Waals surface area contributed by atoms with Gasteiger partial charge in [0.05, 0.1) is 37.6 Å². The highest BCUT2D eigenvalue weighted by Crippen LogP contribution is 2.37. The fourth-order valence-electron chi connectivity index (χ4n) is 13.7. The van der Waals surface area contributed by atoms with Crippen LogP contribution >= 0.6 is 0 Å². The third-order valence-corrected chi connectivity index (χ3v) is 24.7. The van der Waals surface area contributed by atoms with Gasteiger partial charge in [-0.1, -0.05) is 303 Å². The lowest BCUT2D eigenvalue weighted by Crippen LogP contribution is -2.13. The minimum Gasteiger partial charge on any atom is -0.491 e. The van der Waals surface area contributed by atoms with Crippen LogP contribution in [0.4, 0.5) is 65.9 Å². The molecule has 0 N–H and O–H groups in total. The first-order chi connectivity index (χ1) is 67.6. The molecule has 0 amide bonds. The molecule has 143 heavy (non-hydrogen) atoms. The van der Waals surface area contributed by atoms with Gasteiger partial charge in [0.1, 0.15) is 43.7 Å². The van der Waals surface area contributed by atoms with Gasteiger partial charge in [-0.3, -0.25) is 0 Å². The predicted molar refractivity (Wildman–Crippen MR) is 534 cm³/mol. The molecule has 0 heterocycles. The van der Waals surface area contributed by atoms with E-state index in [9.17, 15) is 75.4 Å². The van der Waals surface area contributed by atoms with E-state index in [0.29, 0.717) is 72.9 Å². The van der Waals surface area contributed by atoms with E-state index in [0.717, 1.165) is 53.9 Å². The van der Waals surface area contributed by atoms with Gasteiger partial charge in [-0.2, -0.15) is 26.3 Å². The second-order valence-corrected chi connectivity index (χ2v) is 38.2. The first-order valence-electron chi connectivity index (χ1n) is 48.1. The molecule has 0 aliphatic heterocycles.